The van der Waals surface area contributed by atoms with Crippen molar-refractivity contribution in [2.45, 2.75) is 25.0 Å². The maximum absolute atomic E-state index is 6.59. The van der Waals surface area contributed by atoms with Crippen molar-refractivity contribution in [1.82, 2.24) is 0 Å². The molecule has 1 unspecified atom stereocenters. The molecule has 0 spiro atoms. The highest BCUT2D eigenvalue weighted by atomic mass is 35.5. The minimum Gasteiger partial charge on any atom is -0.456 e. The quantitative estimate of drug-likeness (QED) is 0.336. The van der Waals surface area contributed by atoms with Crippen molar-refractivity contribution in [3.8, 4) is 11.3 Å². The number of halogens is 2. The number of nitrogens with one attached hydrogen (secondary N) is 1. The van der Waals surface area contributed by atoms with Gasteiger partial charge in [0.05, 0.1) is 12.1 Å². The summed E-state index contributed by atoms with van der Waals surface area (Å²) >= 11 is 12.7. The number of hydrogen-bond acceptors (Lipinski definition) is 3. The maximum atomic E-state index is 6.59. The van der Waals surface area contributed by atoms with E-state index in [9.17, 15) is 0 Å². The summed E-state index contributed by atoms with van der Waals surface area (Å²) in [5, 5.41) is 6.19. The van der Waals surface area contributed by atoms with Gasteiger partial charge in [-0.25, -0.2) is 0 Å². The molecule has 5 heteroatoms. The SMILES string of the molecule is Clc1ccc([C@H]2Nc3ccc(-c4cc5ccccc5o4)cc3C3OCCC[C@H]32)c(Cl)c1. The molecule has 156 valence electrons. The highest BCUT2D eigenvalue weighted by Crippen LogP contribution is 2.51. The van der Waals surface area contributed by atoms with Crippen LogP contribution in [0, 0.1) is 5.92 Å². The zero-order chi connectivity index (χ0) is 20.9. The predicted molar refractivity (Wildman–Crippen MR) is 126 cm³/mol. The number of benzene rings is 3. The minimum atomic E-state index is 0.0195. The third-order valence-corrected chi connectivity index (χ3v) is 7.04. The first-order valence-electron chi connectivity index (χ1n) is 10.6. The van der Waals surface area contributed by atoms with Gasteiger partial charge in [0.25, 0.3) is 0 Å². The summed E-state index contributed by atoms with van der Waals surface area (Å²) in [6.07, 6.45) is 2.14. The molecule has 1 N–H and O–H groups in total. The summed E-state index contributed by atoms with van der Waals surface area (Å²) in [6, 6.07) is 22.5. The van der Waals surface area contributed by atoms with Gasteiger partial charge in [-0.3, -0.25) is 0 Å². The van der Waals surface area contributed by atoms with Crippen LogP contribution >= 0.6 is 23.2 Å². The molecule has 0 amide bonds. The van der Waals surface area contributed by atoms with Gasteiger partial charge in [-0.05, 0) is 60.9 Å². The van der Waals surface area contributed by atoms with E-state index in [4.69, 9.17) is 32.4 Å². The second kappa shape index (κ2) is 7.59. The van der Waals surface area contributed by atoms with Crippen LogP contribution in [0.25, 0.3) is 22.3 Å². The van der Waals surface area contributed by atoms with Gasteiger partial charge in [0, 0.05) is 44.8 Å². The van der Waals surface area contributed by atoms with Crippen LogP contribution in [0.2, 0.25) is 10.0 Å². The molecule has 2 aliphatic heterocycles. The van der Waals surface area contributed by atoms with Gasteiger partial charge < -0.3 is 14.5 Å². The maximum Gasteiger partial charge on any atom is 0.135 e. The molecule has 1 aromatic heterocycles. The van der Waals surface area contributed by atoms with E-state index in [1.807, 2.05) is 36.4 Å². The normalized spacial score (nSPS) is 22.6. The first-order valence-corrected chi connectivity index (χ1v) is 11.4. The Morgan fingerprint density at radius 2 is 1.81 bits per heavy atom. The molecule has 4 aromatic rings. The average molecular weight is 450 g/mol. The van der Waals surface area contributed by atoms with Gasteiger partial charge in [-0.1, -0.05) is 47.5 Å². The van der Waals surface area contributed by atoms with Crippen molar-refractivity contribution >= 4 is 39.9 Å². The summed E-state index contributed by atoms with van der Waals surface area (Å²) in [5.41, 5.74) is 5.30. The van der Waals surface area contributed by atoms with Crippen LogP contribution in [0.3, 0.4) is 0 Å². The molecule has 31 heavy (non-hydrogen) atoms. The average Bonchev–Trinajstić information content (AvgIpc) is 3.23. The number of rotatable bonds is 2. The van der Waals surface area contributed by atoms with E-state index in [1.165, 1.54) is 5.56 Å². The van der Waals surface area contributed by atoms with Crippen molar-refractivity contribution in [2.75, 3.05) is 11.9 Å². The van der Waals surface area contributed by atoms with E-state index >= 15 is 0 Å². The molecule has 1 fully saturated rings. The van der Waals surface area contributed by atoms with Crippen LogP contribution in [0.1, 0.15) is 36.1 Å². The smallest absolute Gasteiger partial charge is 0.135 e. The van der Waals surface area contributed by atoms with Crippen LogP contribution in [0.15, 0.2) is 71.1 Å². The lowest BCUT2D eigenvalue weighted by Crippen LogP contribution is -2.36. The van der Waals surface area contributed by atoms with E-state index in [2.05, 4.69) is 35.6 Å². The molecule has 0 aliphatic carbocycles. The fraction of sp³-hybridized carbons (Fsp3) is 0.231. The number of ether oxygens (including phenoxy) is 1. The highest BCUT2D eigenvalue weighted by molar-refractivity contribution is 6.35. The molecule has 3 heterocycles. The van der Waals surface area contributed by atoms with Crippen LogP contribution < -0.4 is 5.32 Å². The summed E-state index contributed by atoms with van der Waals surface area (Å²) < 4.78 is 12.4. The van der Waals surface area contributed by atoms with E-state index < -0.39 is 0 Å². The second-order valence-corrected chi connectivity index (χ2v) is 9.18. The summed E-state index contributed by atoms with van der Waals surface area (Å²) in [5.74, 6) is 1.17. The molecule has 0 saturated carbocycles. The molecule has 3 nitrogen and oxygen atoms in total. The summed E-state index contributed by atoms with van der Waals surface area (Å²) in [4.78, 5) is 0. The fourth-order valence-corrected chi connectivity index (χ4v) is 5.54. The summed E-state index contributed by atoms with van der Waals surface area (Å²) in [6.45, 7) is 0.774. The van der Waals surface area contributed by atoms with Crippen LogP contribution in [-0.4, -0.2) is 6.61 Å². The monoisotopic (exact) mass is 449 g/mol. The first-order chi connectivity index (χ1) is 15.2. The number of anilines is 1. The summed E-state index contributed by atoms with van der Waals surface area (Å²) in [7, 11) is 0. The van der Waals surface area contributed by atoms with Gasteiger partial charge in [-0.2, -0.15) is 0 Å². The first kappa shape index (κ1) is 19.2. The Morgan fingerprint density at radius 1 is 0.903 bits per heavy atom. The molecule has 2 aliphatic rings. The molecule has 0 bridgehead atoms. The van der Waals surface area contributed by atoms with Gasteiger partial charge in [0.2, 0.25) is 0 Å². The molecule has 3 atom stereocenters. The van der Waals surface area contributed by atoms with Crippen LogP contribution in [-0.2, 0) is 4.74 Å². The Hall–Kier alpha value is -2.46. The fourth-order valence-electron chi connectivity index (χ4n) is 5.01. The molecular weight excluding hydrogens is 429 g/mol. The van der Waals surface area contributed by atoms with E-state index in [1.54, 1.807) is 0 Å². The lowest BCUT2D eigenvalue weighted by atomic mass is 9.77. The Bertz CT molecular complexity index is 1250. The van der Waals surface area contributed by atoms with Gasteiger partial charge in [-0.15, -0.1) is 0 Å². The zero-order valence-corrected chi connectivity index (χ0v) is 18.3. The van der Waals surface area contributed by atoms with Crippen LogP contribution in [0.4, 0.5) is 5.69 Å². The number of fused-ring (bicyclic) bond motifs is 4. The Morgan fingerprint density at radius 3 is 2.68 bits per heavy atom. The topological polar surface area (TPSA) is 34.4 Å². The van der Waals surface area contributed by atoms with Crippen molar-refractivity contribution in [1.29, 1.82) is 0 Å². The third-order valence-electron chi connectivity index (χ3n) is 6.47. The molecule has 3 aromatic carbocycles. The van der Waals surface area contributed by atoms with Gasteiger partial charge in [0.1, 0.15) is 11.3 Å². The Balaban J connectivity index is 1.43. The second-order valence-electron chi connectivity index (χ2n) is 8.34. The van der Waals surface area contributed by atoms with Crippen molar-refractivity contribution in [3.05, 3.63) is 87.9 Å². The molecular formula is C26H21Cl2NO2. The largest absolute Gasteiger partial charge is 0.456 e. The van der Waals surface area contributed by atoms with E-state index in [-0.39, 0.29) is 12.1 Å². The van der Waals surface area contributed by atoms with Gasteiger partial charge in [0.15, 0.2) is 0 Å². The Kier molecular flexibility index (Phi) is 4.71. The van der Waals surface area contributed by atoms with Crippen molar-refractivity contribution in [3.63, 3.8) is 0 Å². The molecule has 6 rings (SSSR count). The number of hydrogen-bond donors (Lipinski definition) is 1. The molecule has 0 radical (unpaired) electrons. The number of para-hydroxylation sites is 1. The van der Waals surface area contributed by atoms with Gasteiger partial charge >= 0.3 is 0 Å². The lowest BCUT2D eigenvalue weighted by molar-refractivity contribution is -0.0381. The standard InChI is InChI=1S/C26H21Cl2NO2/c27-17-8-9-18(21(28)14-17)25-19-5-3-11-30-26(19)20-12-16(7-10-22(20)29-25)24-13-15-4-1-2-6-23(15)31-24/h1-2,4,6-10,12-14,19,25-26,29H,3,5,11H2/t19-,25+,26?/m0/s1. The van der Waals surface area contributed by atoms with Crippen molar-refractivity contribution in [2.24, 2.45) is 5.92 Å². The molecule has 1 saturated heterocycles. The zero-order valence-electron chi connectivity index (χ0n) is 16.8. The van der Waals surface area contributed by atoms with E-state index in [0.717, 1.165) is 53.0 Å². The minimum absolute atomic E-state index is 0.0195. The predicted octanol–water partition coefficient (Wildman–Crippen LogP) is 8.04. The Labute approximate surface area is 190 Å². The third kappa shape index (κ3) is 3.32. The van der Waals surface area contributed by atoms with E-state index in [0.29, 0.717) is 16.0 Å². The number of furan rings is 1. The van der Waals surface area contributed by atoms with Crippen molar-refractivity contribution < 1.29 is 9.15 Å². The lowest BCUT2D eigenvalue weighted by Gasteiger charge is -2.43. The highest BCUT2D eigenvalue weighted by Gasteiger charge is 2.40. The van der Waals surface area contributed by atoms with Crippen LogP contribution in [0.5, 0.6) is 0 Å².